The van der Waals surface area contributed by atoms with Gasteiger partial charge in [-0.05, 0) is 24.1 Å². The molecule has 128 valence electrons. The van der Waals surface area contributed by atoms with Crippen LogP contribution in [0, 0.1) is 0 Å². The van der Waals surface area contributed by atoms with E-state index in [1.54, 1.807) is 13.2 Å². The zero-order valence-electron chi connectivity index (χ0n) is 14.0. The number of nitrogens with one attached hydrogen (secondary N) is 1. The van der Waals surface area contributed by atoms with Crippen LogP contribution in [0.4, 0.5) is 11.8 Å². The number of halogens is 1. The van der Waals surface area contributed by atoms with Crippen molar-refractivity contribution in [3.05, 3.63) is 65.3 Å². The van der Waals surface area contributed by atoms with E-state index in [0.717, 1.165) is 22.4 Å². The van der Waals surface area contributed by atoms with Crippen molar-refractivity contribution < 1.29 is 4.74 Å². The van der Waals surface area contributed by atoms with E-state index in [-0.39, 0.29) is 12.0 Å². The van der Waals surface area contributed by atoms with Crippen LogP contribution < -0.4 is 15.8 Å². The van der Waals surface area contributed by atoms with Gasteiger partial charge in [-0.15, -0.1) is 0 Å². The number of ether oxygens (including phenoxy) is 1. The molecule has 0 aliphatic heterocycles. The minimum atomic E-state index is 0.0390. The maximum atomic E-state index is 5.91. The molecule has 0 fully saturated rings. The summed E-state index contributed by atoms with van der Waals surface area (Å²) in [5, 5.41) is 3.59. The van der Waals surface area contributed by atoms with Crippen LogP contribution in [0.15, 0.2) is 54.6 Å². The van der Waals surface area contributed by atoms with Crippen molar-refractivity contribution >= 4 is 23.4 Å². The highest BCUT2D eigenvalue weighted by Crippen LogP contribution is 2.30. The number of nitrogens with zero attached hydrogens (tertiary/aromatic N) is 2. The molecule has 1 atom stereocenters. The molecule has 3 aromatic rings. The number of para-hydroxylation sites is 1. The third-order valence-electron chi connectivity index (χ3n) is 3.91. The lowest BCUT2D eigenvalue weighted by Gasteiger charge is -2.16. The monoisotopic (exact) mass is 354 g/mol. The van der Waals surface area contributed by atoms with Crippen LogP contribution in [0.2, 0.25) is 5.15 Å². The summed E-state index contributed by atoms with van der Waals surface area (Å²) >= 11 is 5.91. The standard InChI is InChI=1S/C19H19ClN4O/c1-12(22-18-11-17(20)23-19(21)24-18)13-7-9-14(10-8-13)15-5-3-4-6-16(15)25-2/h3-12H,1-2H3,(H3,21,22,23,24). The summed E-state index contributed by atoms with van der Waals surface area (Å²) in [6.07, 6.45) is 0. The minimum Gasteiger partial charge on any atom is -0.496 e. The minimum absolute atomic E-state index is 0.0390. The Bertz CT molecular complexity index is 847. The largest absolute Gasteiger partial charge is 0.496 e. The third-order valence-corrected chi connectivity index (χ3v) is 4.10. The predicted molar refractivity (Wildman–Crippen MR) is 102 cm³/mol. The predicted octanol–water partition coefficient (Wildman–Crippen LogP) is 4.56. The van der Waals surface area contributed by atoms with Crippen molar-refractivity contribution in [2.24, 2.45) is 0 Å². The van der Waals surface area contributed by atoms with Gasteiger partial charge in [0, 0.05) is 17.7 Å². The van der Waals surface area contributed by atoms with Gasteiger partial charge in [-0.3, -0.25) is 0 Å². The van der Waals surface area contributed by atoms with Crippen LogP contribution in [-0.2, 0) is 0 Å². The highest BCUT2D eigenvalue weighted by molar-refractivity contribution is 6.29. The Kier molecular flexibility index (Phi) is 5.05. The van der Waals surface area contributed by atoms with Gasteiger partial charge in [0.1, 0.15) is 16.7 Å². The number of aromatic nitrogens is 2. The molecule has 3 N–H and O–H groups in total. The molecule has 1 aromatic heterocycles. The van der Waals surface area contributed by atoms with E-state index in [2.05, 4.69) is 39.6 Å². The number of rotatable bonds is 5. The second-order valence-corrected chi connectivity index (χ2v) is 6.01. The van der Waals surface area contributed by atoms with Crippen LogP contribution >= 0.6 is 11.6 Å². The van der Waals surface area contributed by atoms with E-state index in [0.29, 0.717) is 11.0 Å². The molecule has 0 amide bonds. The van der Waals surface area contributed by atoms with E-state index < -0.39 is 0 Å². The number of benzene rings is 2. The number of nitrogen functional groups attached to an aromatic ring is 1. The molecule has 1 heterocycles. The van der Waals surface area contributed by atoms with E-state index in [9.17, 15) is 0 Å². The highest BCUT2D eigenvalue weighted by atomic mass is 35.5. The quantitative estimate of drug-likeness (QED) is 0.657. The van der Waals surface area contributed by atoms with E-state index in [4.69, 9.17) is 22.1 Å². The number of nitrogens with two attached hydrogens (primary N) is 1. The number of anilines is 2. The summed E-state index contributed by atoms with van der Waals surface area (Å²) in [6, 6.07) is 17.9. The van der Waals surface area contributed by atoms with Gasteiger partial charge in [-0.2, -0.15) is 4.98 Å². The van der Waals surface area contributed by atoms with Gasteiger partial charge >= 0.3 is 0 Å². The molecule has 5 nitrogen and oxygen atoms in total. The van der Waals surface area contributed by atoms with Crippen molar-refractivity contribution in [2.75, 3.05) is 18.2 Å². The lowest BCUT2D eigenvalue weighted by molar-refractivity contribution is 0.416. The fourth-order valence-corrected chi connectivity index (χ4v) is 2.84. The van der Waals surface area contributed by atoms with Crippen LogP contribution in [0.25, 0.3) is 11.1 Å². The van der Waals surface area contributed by atoms with Crippen molar-refractivity contribution in [1.29, 1.82) is 0 Å². The molecule has 1 unspecified atom stereocenters. The van der Waals surface area contributed by atoms with Crippen LogP contribution in [0.3, 0.4) is 0 Å². The fraction of sp³-hybridized carbons (Fsp3) is 0.158. The van der Waals surface area contributed by atoms with E-state index >= 15 is 0 Å². The number of hydrogen-bond donors (Lipinski definition) is 2. The average molecular weight is 355 g/mol. The Morgan fingerprint density at radius 3 is 2.48 bits per heavy atom. The van der Waals surface area contributed by atoms with Gasteiger partial charge in [0.25, 0.3) is 0 Å². The molecular weight excluding hydrogens is 336 g/mol. The summed E-state index contributed by atoms with van der Waals surface area (Å²) in [4.78, 5) is 8.00. The number of hydrogen-bond acceptors (Lipinski definition) is 5. The van der Waals surface area contributed by atoms with Crippen molar-refractivity contribution in [3.63, 3.8) is 0 Å². The van der Waals surface area contributed by atoms with Gasteiger partial charge in [0.2, 0.25) is 5.95 Å². The Morgan fingerprint density at radius 1 is 1.08 bits per heavy atom. The van der Waals surface area contributed by atoms with Gasteiger partial charge in [0.15, 0.2) is 0 Å². The second-order valence-electron chi connectivity index (χ2n) is 5.62. The topological polar surface area (TPSA) is 73.1 Å². The van der Waals surface area contributed by atoms with Gasteiger partial charge < -0.3 is 15.8 Å². The zero-order valence-corrected chi connectivity index (χ0v) is 14.8. The second kappa shape index (κ2) is 7.40. The third kappa shape index (κ3) is 4.00. The molecule has 6 heteroatoms. The summed E-state index contributed by atoms with van der Waals surface area (Å²) in [5.41, 5.74) is 8.91. The summed E-state index contributed by atoms with van der Waals surface area (Å²) in [5.74, 6) is 1.60. The molecule has 0 saturated heterocycles. The molecule has 25 heavy (non-hydrogen) atoms. The fourth-order valence-electron chi connectivity index (χ4n) is 2.65. The highest BCUT2D eigenvalue weighted by Gasteiger charge is 2.10. The lowest BCUT2D eigenvalue weighted by atomic mass is 10.0. The molecule has 3 rings (SSSR count). The Morgan fingerprint density at radius 2 is 1.80 bits per heavy atom. The maximum absolute atomic E-state index is 5.91. The molecule has 0 saturated carbocycles. The van der Waals surface area contributed by atoms with Crippen molar-refractivity contribution in [3.8, 4) is 16.9 Å². The molecule has 0 spiro atoms. The summed E-state index contributed by atoms with van der Waals surface area (Å²) in [7, 11) is 1.68. The Hall–Kier alpha value is -2.79. The van der Waals surface area contributed by atoms with Gasteiger partial charge in [-0.1, -0.05) is 54.1 Å². The molecule has 0 aliphatic rings. The SMILES string of the molecule is COc1ccccc1-c1ccc(C(C)Nc2cc(Cl)nc(N)n2)cc1. The zero-order chi connectivity index (χ0) is 17.8. The van der Waals surface area contributed by atoms with Crippen molar-refractivity contribution in [2.45, 2.75) is 13.0 Å². The molecule has 0 bridgehead atoms. The lowest BCUT2D eigenvalue weighted by Crippen LogP contribution is -2.09. The molecule has 0 radical (unpaired) electrons. The maximum Gasteiger partial charge on any atom is 0.223 e. The number of methoxy groups -OCH3 is 1. The van der Waals surface area contributed by atoms with Crippen LogP contribution in [0.5, 0.6) is 5.75 Å². The van der Waals surface area contributed by atoms with Gasteiger partial charge in [0.05, 0.1) is 7.11 Å². The van der Waals surface area contributed by atoms with Crippen molar-refractivity contribution in [1.82, 2.24) is 9.97 Å². The first-order chi connectivity index (χ1) is 12.1. The Labute approximate surface area is 151 Å². The van der Waals surface area contributed by atoms with E-state index in [1.807, 2.05) is 31.2 Å². The smallest absolute Gasteiger partial charge is 0.223 e. The Balaban J connectivity index is 1.79. The van der Waals surface area contributed by atoms with Crippen LogP contribution in [0.1, 0.15) is 18.5 Å². The summed E-state index contributed by atoms with van der Waals surface area (Å²) in [6.45, 7) is 2.05. The normalized spacial score (nSPS) is 11.8. The first-order valence-corrected chi connectivity index (χ1v) is 8.24. The van der Waals surface area contributed by atoms with Crippen LogP contribution in [-0.4, -0.2) is 17.1 Å². The molecule has 2 aromatic carbocycles. The average Bonchev–Trinajstić information content (AvgIpc) is 2.61. The first-order valence-electron chi connectivity index (χ1n) is 7.87. The van der Waals surface area contributed by atoms with Gasteiger partial charge in [-0.25, -0.2) is 4.98 Å². The molecular formula is C19H19ClN4O. The summed E-state index contributed by atoms with van der Waals surface area (Å²) < 4.78 is 5.43. The van der Waals surface area contributed by atoms with E-state index in [1.165, 1.54) is 0 Å². The first kappa shape index (κ1) is 17.0. The molecule has 0 aliphatic carbocycles.